The van der Waals surface area contributed by atoms with E-state index < -0.39 is 0 Å². The molecule has 5 heteroatoms. The molecule has 2 aliphatic rings. The lowest BCUT2D eigenvalue weighted by Crippen LogP contribution is -2.38. The lowest BCUT2D eigenvalue weighted by molar-refractivity contribution is 0.0174. The molecule has 1 aliphatic carbocycles. The third kappa shape index (κ3) is 4.14. The molecule has 104 valence electrons. The Kier molecular flexibility index (Phi) is 5.26. The molecule has 1 heterocycles. The van der Waals surface area contributed by atoms with Gasteiger partial charge in [-0.1, -0.05) is 0 Å². The summed E-state index contributed by atoms with van der Waals surface area (Å²) in [5.74, 6) is 0. The van der Waals surface area contributed by atoms with Gasteiger partial charge in [-0.25, -0.2) is 4.79 Å². The zero-order valence-electron chi connectivity index (χ0n) is 11.0. The molecule has 5 nitrogen and oxygen atoms in total. The summed E-state index contributed by atoms with van der Waals surface area (Å²) in [6.45, 7) is 2.85. The van der Waals surface area contributed by atoms with Gasteiger partial charge in [0.25, 0.3) is 0 Å². The highest BCUT2D eigenvalue weighted by Crippen LogP contribution is 2.19. The molecular weight excluding hydrogens is 232 g/mol. The minimum absolute atomic E-state index is 0.176. The van der Waals surface area contributed by atoms with Gasteiger partial charge in [-0.05, 0) is 38.5 Å². The lowest BCUT2D eigenvalue weighted by atomic mass is 9.94. The van der Waals surface area contributed by atoms with Crippen molar-refractivity contribution in [3.05, 3.63) is 0 Å². The Hall–Kier alpha value is -0.810. The number of nitrogens with zero attached hydrogens (tertiary/aromatic N) is 1. The third-order valence-electron chi connectivity index (χ3n) is 3.70. The number of carbonyl (C=O) groups excluding carboxylic acids is 1. The fourth-order valence-corrected chi connectivity index (χ4v) is 2.56. The van der Waals surface area contributed by atoms with E-state index in [0.717, 1.165) is 58.2 Å². The normalized spacial score (nSPS) is 29.2. The van der Waals surface area contributed by atoms with Gasteiger partial charge in [0.1, 0.15) is 0 Å². The van der Waals surface area contributed by atoms with Crippen molar-refractivity contribution in [2.24, 2.45) is 5.73 Å². The van der Waals surface area contributed by atoms with E-state index >= 15 is 0 Å². The number of carbonyl (C=O) groups is 1. The second kappa shape index (κ2) is 6.95. The van der Waals surface area contributed by atoms with Crippen LogP contribution >= 0.6 is 0 Å². The Morgan fingerprint density at radius 3 is 2.83 bits per heavy atom. The average Bonchev–Trinajstić information content (AvgIpc) is 2.39. The van der Waals surface area contributed by atoms with Crippen LogP contribution in [0.25, 0.3) is 0 Å². The van der Waals surface area contributed by atoms with E-state index in [1.54, 1.807) is 4.90 Å². The van der Waals surface area contributed by atoms with Gasteiger partial charge < -0.3 is 20.1 Å². The summed E-state index contributed by atoms with van der Waals surface area (Å²) in [6.07, 6.45) is 6.32. The first-order valence-corrected chi connectivity index (χ1v) is 7.04. The van der Waals surface area contributed by atoms with Crippen LogP contribution in [0.4, 0.5) is 4.79 Å². The first kappa shape index (κ1) is 13.6. The van der Waals surface area contributed by atoms with Crippen LogP contribution < -0.4 is 5.73 Å². The molecule has 2 fully saturated rings. The maximum atomic E-state index is 11.4. The van der Waals surface area contributed by atoms with Crippen molar-refractivity contribution in [2.45, 2.75) is 50.7 Å². The maximum absolute atomic E-state index is 11.4. The molecule has 1 aliphatic heterocycles. The fourth-order valence-electron chi connectivity index (χ4n) is 2.56. The second-order valence-corrected chi connectivity index (χ2v) is 5.22. The van der Waals surface area contributed by atoms with Crippen molar-refractivity contribution < 1.29 is 14.3 Å². The fraction of sp³-hybridized carbons (Fsp3) is 0.923. The van der Waals surface area contributed by atoms with Gasteiger partial charge in [0.05, 0.1) is 12.7 Å². The van der Waals surface area contributed by atoms with Crippen molar-refractivity contribution in [2.75, 3.05) is 26.3 Å². The number of hydrogen-bond acceptors (Lipinski definition) is 4. The van der Waals surface area contributed by atoms with E-state index in [-0.39, 0.29) is 6.09 Å². The van der Waals surface area contributed by atoms with Crippen molar-refractivity contribution in [1.29, 1.82) is 0 Å². The lowest BCUT2D eigenvalue weighted by Gasteiger charge is -2.28. The third-order valence-corrected chi connectivity index (χ3v) is 3.70. The predicted octanol–water partition coefficient (Wildman–Crippen LogP) is 1.51. The van der Waals surface area contributed by atoms with Crippen molar-refractivity contribution >= 4 is 6.09 Å². The molecule has 1 saturated carbocycles. The van der Waals surface area contributed by atoms with Gasteiger partial charge in [0.2, 0.25) is 0 Å². The largest absolute Gasteiger partial charge is 0.449 e. The summed E-state index contributed by atoms with van der Waals surface area (Å²) >= 11 is 0. The summed E-state index contributed by atoms with van der Waals surface area (Å²) in [5, 5.41) is 0. The van der Waals surface area contributed by atoms with Crippen LogP contribution in [0.2, 0.25) is 0 Å². The molecule has 0 radical (unpaired) electrons. The minimum atomic E-state index is -0.176. The number of rotatable bonds is 5. The van der Waals surface area contributed by atoms with Crippen LogP contribution in [-0.4, -0.2) is 49.4 Å². The average molecular weight is 256 g/mol. The number of cyclic esters (lactones) is 1. The van der Waals surface area contributed by atoms with E-state index in [1.807, 2.05) is 0 Å². The molecule has 2 N–H and O–H groups in total. The summed E-state index contributed by atoms with van der Waals surface area (Å²) in [4.78, 5) is 13.1. The first-order valence-electron chi connectivity index (χ1n) is 7.04. The van der Waals surface area contributed by atoms with Crippen molar-refractivity contribution in [1.82, 2.24) is 4.90 Å². The quantitative estimate of drug-likeness (QED) is 0.757. The van der Waals surface area contributed by atoms with Crippen LogP contribution in [0.15, 0.2) is 0 Å². The number of amides is 1. The molecule has 0 aromatic heterocycles. The molecule has 1 amide bonds. The van der Waals surface area contributed by atoms with Crippen LogP contribution in [-0.2, 0) is 9.47 Å². The zero-order valence-corrected chi connectivity index (χ0v) is 11.0. The topological polar surface area (TPSA) is 64.8 Å². The van der Waals surface area contributed by atoms with E-state index in [2.05, 4.69) is 0 Å². The van der Waals surface area contributed by atoms with Crippen molar-refractivity contribution in [3.63, 3.8) is 0 Å². The second-order valence-electron chi connectivity index (χ2n) is 5.22. The number of hydrogen-bond donors (Lipinski definition) is 1. The number of nitrogens with two attached hydrogens (primary N) is 1. The number of ether oxygens (including phenoxy) is 2. The Balaban J connectivity index is 1.54. The Morgan fingerprint density at radius 2 is 2.11 bits per heavy atom. The highest BCUT2D eigenvalue weighted by molar-refractivity contribution is 5.68. The summed E-state index contributed by atoms with van der Waals surface area (Å²) < 4.78 is 10.8. The van der Waals surface area contributed by atoms with Gasteiger partial charge in [0.15, 0.2) is 0 Å². The monoisotopic (exact) mass is 256 g/mol. The molecule has 0 aromatic rings. The van der Waals surface area contributed by atoms with Crippen LogP contribution in [0, 0.1) is 0 Å². The Labute approximate surface area is 109 Å². The van der Waals surface area contributed by atoms with Gasteiger partial charge in [-0.15, -0.1) is 0 Å². The van der Waals surface area contributed by atoms with Crippen LogP contribution in [0.3, 0.4) is 0 Å². The molecule has 2 rings (SSSR count). The predicted molar refractivity (Wildman–Crippen MR) is 68.3 cm³/mol. The maximum Gasteiger partial charge on any atom is 0.409 e. The van der Waals surface area contributed by atoms with Gasteiger partial charge in [-0.2, -0.15) is 0 Å². The highest BCUT2D eigenvalue weighted by Gasteiger charge is 2.20. The molecule has 0 aromatic carbocycles. The molecule has 0 unspecified atom stereocenters. The van der Waals surface area contributed by atoms with E-state index in [4.69, 9.17) is 15.2 Å². The first-order chi connectivity index (χ1) is 8.75. The molecule has 18 heavy (non-hydrogen) atoms. The summed E-state index contributed by atoms with van der Waals surface area (Å²) in [6, 6.07) is 0.368. The Morgan fingerprint density at radius 1 is 1.33 bits per heavy atom. The summed E-state index contributed by atoms with van der Waals surface area (Å²) in [7, 11) is 0. The van der Waals surface area contributed by atoms with Crippen molar-refractivity contribution in [3.8, 4) is 0 Å². The van der Waals surface area contributed by atoms with E-state index in [9.17, 15) is 4.79 Å². The highest BCUT2D eigenvalue weighted by atomic mass is 16.6. The van der Waals surface area contributed by atoms with Gasteiger partial charge in [0, 0.05) is 25.7 Å². The minimum Gasteiger partial charge on any atom is -0.449 e. The molecule has 0 atom stereocenters. The van der Waals surface area contributed by atoms with Crippen LogP contribution in [0.1, 0.15) is 38.5 Å². The molecule has 1 saturated heterocycles. The standard InChI is InChI=1S/C13H24N2O3/c14-11-3-5-12(6-4-11)17-9-1-7-15-8-2-10-18-13(15)16/h11-12H,1-10,14H2. The van der Waals surface area contributed by atoms with Gasteiger partial charge >= 0.3 is 6.09 Å². The molecule has 0 bridgehead atoms. The van der Waals surface area contributed by atoms with Gasteiger partial charge in [-0.3, -0.25) is 0 Å². The van der Waals surface area contributed by atoms with E-state index in [0.29, 0.717) is 18.8 Å². The van der Waals surface area contributed by atoms with E-state index in [1.165, 1.54) is 0 Å². The Bertz CT molecular complexity index is 265. The van der Waals surface area contributed by atoms with Crippen LogP contribution in [0.5, 0.6) is 0 Å². The zero-order chi connectivity index (χ0) is 12.8. The summed E-state index contributed by atoms with van der Waals surface area (Å²) in [5.41, 5.74) is 5.85. The molecule has 0 spiro atoms. The smallest absolute Gasteiger partial charge is 0.409 e. The SMILES string of the molecule is NC1CCC(OCCCN2CCCOC2=O)CC1. The molecular formula is C13H24N2O3.